The summed E-state index contributed by atoms with van der Waals surface area (Å²) in [6, 6.07) is 3.77. The van der Waals surface area contributed by atoms with E-state index in [-0.39, 0.29) is 11.0 Å². The second kappa shape index (κ2) is 2.95. The number of nitrogens with two attached hydrogens (primary N) is 1. The standard InChI is InChI=1S/C11H16N2O/c1-11(2)5-9(11)13-7-8(6-12)3-4-10(13)14/h3-4,7,9H,5-6,12H2,1-2H3. The van der Waals surface area contributed by atoms with E-state index in [1.165, 1.54) is 0 Å². The Morgan fingerprint density at radius 3 is 2.71 bits per heavy atom. The van der Waals surface area contributed by atoms with Crippen LogP contribution in [0.15, 0.2) is 23.1 Å². The monoisotopic (exact) mass is 192 g/mol. The Kier molecular flexibility index (Phi) is 2.00. The van der Waals surface area contributed by atoms with Gasteiger partial charge in [-0.1, -0.05) is 19.9 Å². The van der Waals surface area contributed by atoms with E-state index < -0.39 is 0 Å². The summed E-state index contributed by atoms with van der Waals surface area (Å²) in [5, 5.41) is 0. The maximum atomic E-state index is 11.6. The fourth-order valence-corrected chi connectivity index (χ4v) is 1.83. The van der Waals surface area contributed by atoms with Gasteiger partial charge in [-0.25, -0.2) is 0 Å². The molecular weight excluding hydrogens is 176 g/mol. The zero-order valence-corrected chi connectivity index (χ0v) is 8.66. The van der Waals surface area contributed by atoms with Crippen molar-refractivity contribution in [3.8, 4) is 0 Å². The lowest BCUT2D eigenvalue weighted by atomic mass is 10.2. The second-order valence-corrected chi connectivity index (χ2v) is 4.70. The Labute approximate surface area is 83.5 Å². The highest BCUT2D eigenvalue weighted by Gasteiger charge is 2.47. The van der Waals surface area contributed by atoms with Crippen molar-refractivity contribution in [1.29, 1.82) is 0 Å². The maximum absolute atomic E-state index is 11.6. The topological polar surface area (TPSA) is 48.0 Å². The Morgan fingerprint density at radius 2 is 2.21 bits per heavy atom. The van der Waals surface area contributed by atoms with E-state index in [0.29, 0.717) is 12.6 Å². The molecule has 2 rings (SSSR count). The molecule has 0 aliphatic heterocycles. The van der Waals surface area contributed by atoms with Crippen molar-refractivity contribution in [2.75, 3.05) is 0 Å². The van der Waals surface area contributed by atoms with Crippen LogP contribution < -0.4 is 11.3 Å². The Bertz CT molecular complexity index is 406. The molecule has 1 unspecified atom stereocenters. The fraction of sp³-hybridized carbons (Fsp3) is 0.545. The lowest BCUT2D eigenvalue weighted by Gasteiger charge is -2.08. The van der Waals surface area contributed by atoms with Gasteiger partial charge in [-0.05, 0) is 17.4 Å². The first-order chi connectivity index (χ1) is 6.54. The van der Waals surface area contributed by atoms with Crippen molar-refractivity contribution in [3.05, 3.63) is 34.2 Å². The van der Waals surface area contributed by atoms with E-state index in [1.807, 2.05) is 10.8 Å². The van der Waals surface area contributed by atoms with E-state index in [2.05, 4.69) is 13.8 Å². The van der Waals surface area contributed by atoms with E-state index >= 15 is 0 Å². The summed E-state index contributed by atoms with van der Waals surface area (Å²) in [5.41, 5.74) is 6.92. The summed E-state index contributed by atoms with van der Waals surface area (Å²) in [6.45, 7) is 4.85. The lowest BCUT2D eigenvalue weighted by molar-refractivity contribution is 0.529. The molecule has 3 nitrogen and oxygen atoms in total. The molecule has 2 N–H and O–H groups in total. The SMILES string of the molecule is CC1(C)CC1n1cc(CN)ccc1=O. The third kappa shape index (κ3) is 1.48. The first-order valence-electron chi connectivity index (χ1n) is 4.96. The van der Waals surface area contributed by atoms with Crippen LogP contribution in [-0.4, -0.2) is 4.57 Å². The molecule has 1 atom stereocenters. The van der Waals surface area contributed by atoms with E-state index in [9.17, 15) is 4.79 Å². The molecule has 0 spiro atoms. The molecule has 1 aliphatic rings. The molecule has 1 aromatic rings. The highest BCUT2D eigenvalue weighted by Crippen LogP contribution is 2.54. The van der Waals surface area contributed by atoms with Crippen LogP contribution in [0.3, 0.4) is 0 Å². The highest BCUT2D eigenvalue weighted by molar-refractivity contribution is 5.13. The molecule has 0 bridgehead atoms. The summed E-state index contributed by atoms with van der Waals surface area (Å²) >= 11 is 0. The summed E-state index contributed by atoms with van der Waals surface area (Å²) in [4.78, 5) is 11.6. The largest absolute Gasteiger partial charge is 0.326 e. The Morgan fingerprint density at radius 1 is 1.57 bits per heavy atom. The minimum Gasteiger partial charge on any atom is -0.326 e. The first kappa shape index (κ1) is 9.46. The van der Waals surface area contributed by atoms with Gasteiger partial charge in [-0.3, -0.25) is 4.79 Å². The van der Waals surface area contributed by atoms with Gasteiger partial charge < -0.3 is 10.3 Å². The summed E-state index contributed by atoms with van der Waals surface area (Å²) < 4.78 is 1.82. The van der Waals surface area contributed by atoms with Gasteiger partial charge in [-0.15, -0.1) is 0 Å². The van der Waals surface area contributed by atoms with Gasteiger partial charge in [-0.2, -0.15) is 0 Å². The number of aromatic nitrogens is 1. The molecule has 0 amide bonds. The molecule has 76 valence electrons. The van der Waals surface area contributed by atoms with Crippen molar-refractivity contribution in [1.82, 2.24) is 4.57 Å². The number of pyridine rings is 1. The van der Waals surface area contributed by atoms with Gasteiger partial charge in [0.05, 0.1) is 0 Å². The average Bonchev–Trinajstić information content (AvgIpc) is 2.76. The molecule has 0 aromatic carbocycles. The van der Waals surface area contributed by atoms with E-state index in [0.717, 1.165) is 12.0 Å². The highest BCUT2D eigenvalue weighted by atomic mass is 16.1. The molecule has 1 heterocycles. The third-order valence-electron chi connectivity index (χ3n) is 3.03. The summed E-state index contributed by atoms with van der Waals surface area (Å²) in [6.07, 6.45) is 2.97. The third-order valence-corrected chi connectivity index (χ3v) is 3.03. The van der Waals surface area contributed by atoms with Gasteiger partial charge >= 0.3 is 0 Å². The van der Waals surface area contributed by atoms with Gasteiger partial charge in [0.15, 0.2) is 0 Å². The van der Waals surface area contributed by atoms with Crippen LogP contribution in [0.5, 0.6) is 0 Å². The number of nitrogens with zero attached hydrogens (tertiary/aromatic N) is 1. The maximum Gasteiger partial charge on any atom is 0.250 e. The molecule has 3 heteroatoms. The molecule has 1 aromatic heterocycles. The minimum atomic E-state index is 0.0813. The fourth-order valence-electron chi connectivity index (χ4n) is 1.83. The van der Waals surface area contributed by atoms with Crippen LogP contribution >= 0.6 is 0 Å². The quantitative estimate of drug-likeness (QED) is 0.767. The molecule has 1 saturated carbocycles. The van der Waals surface area contributed by atoms with E-state index in [4.69, 9.17) is 5.73 Å². The normalized spacial score (nSPS) is 23.5. The molecule has 1 fully saturated rings. The lowest BCUT2D eigenvalue weighted by Crippen LogP contribution is -2.20. The average molecular weight is 192 g/mol. The molecule has 0 radical (unpaired) electrons. The van der Waals surface area contributed by atoms with Crippen LogP contribution in [0.2, 0.25) is 0 Å². The van der Waals surface area contributed by atoms with Crippen LogP contribution in [0.25, 0.3) is 0 Å². The van der Waals surface area contributed by atoms with Crippen LogP contribution in [-0.2, 0) is 6.54 Å². The van der Waals surface area contributed by atoms with Crippen molar-refractivity contribution in [2.24, 2.45) is 11.1 Å². The van der Waals surface area contributed by atoms with Crippen molar-refractivity contribution in [2.45, 2.75) is 32.9 Å². The Balaban J connectivity index is 2.38. The first-order valence-corrected chi connectivity index (χ1v) is 4.96. The van der Waals surface area contributed by atoms with Crippen molar-refractivity contribution >= 4 is 0 Å². The zero-order valence-electron chi connectivity index (χ0n) is 8.66. The molecule has 1 aliphatic carbocycles. The Hall–Kier alpha value is -1.09. The number of hydrogen-bond acceptors (Lipinski definition) is 2. The predicted octanol–water partition coefficient (Wildman–Crippen LogP) is 1.28. The van der Waals surface area contributed by atoms with Crippen LogP contribution in [0.1, 0.15) is 31.9 Å². The minimum absolute atomic E-state index is 0.0813. The zero-order chi connectivity index (χ0) is 10.3. The van der Waals surface area contributed by atoms with Gasteiger partial charge in [0.25, 0.3) is 5.56 Å². The van der Waals surface area contributed by atoms with Crippen LogP contribution in [0, 0.1) is 5.41 Å². The molecular formula is C11H16N2O. The number of rotatable bonds is 2. The smallest absolute Gasteiger partial charge is 0.250 e. The van der Waals surface area contributed by atoms with Gasteiger partial charge in [0.2, 0.25) is 0 Å². The molecule has 0 saturated heterocycles. The van der Waals surface area contributed by atoms with Gasteiger partial charge in [0, 0.05) is 24.8 Å². The summed E-state index contributed by atoms with van der Waals surface area (Å²) in [5.74, 6) is 0. The predicted molar refractivity (Wildman–Crippen MR) is 56.0 cm³/mol. The van der Waals surface area contributed by atoms with Crippen molar-refractivity contribution in [3.63, 3.8) is 0 Å². The number of hydrogen-bond donors (Lipinski definition) is 1. The second-order valence-electron chi connectivity index (χ2n) is 4.70. The van der Waals surface area contributed by atoms with Crippen molar-refractivity contribution < 1.29 is 0 Å². The molecule has 14 heavy (non-hydrogen) atoms. The van der Waals surface area contributed by atoms with E-state index in [1.54, 1.807) is 12.1 Å². The van der Waals surface area contributed by atoms with Gasteiger partial charge in [0.1, 0.15) is 0 Å². The summed E-state index contributed by atoms with van der Waals surface area (Å²) in [7, 11) is 0. The van der Waals surface area contributed by atoms with Crippen LogP contribution in [0.4, 0.5) is 0 Å².